The lowest BCUT2D eigenvalue weighted by atomic mass is 10.1. The van der Waals surface area contributed by atoms with Crippen LogP contribution in [0.4, 0.5) is 11.4 Å². The summed E-state index contributed by atoms with van der Waals surface area (Å²) < 4.78 is 0. The number of hydrazone groups is 1. The molecule has 0 aliphatic carbocycles. The van der Waals surface area contributed by atoms with E-state index in [1.165, 1.54) is 0 Å². The van der Waals surface area contributed by atoms with Gasteiger partial charge in [0.15, 0.2) is 0 Å². The van der Waals surface area contributed by atoms with Gasteiger partial charge in [-0.1, -0.05) is 54.6 Å². The molecule has 3 aromatic carbocycles. The molecule has 0 radical (unpaired) electrons. The van der Waals surface area contributed by atoms with Gasteiger partial charge in [0, 0.05) is 22.7 Å². The van der Waals surface area contributed by atoms with Crippen LogP contribution in [-0.2, 0) is 0 Å². The van der Waals surface area contributed by atoms with Gasteiger partial charge in [0.1, 0.15) is 0 Å². The van der Waals surface area contributed by atoms with Crippen LogP contribution < -0.4 is 5.43 Å². The van der Waals surface area contributed by atoms with Crippen molar-refractivity contribution in [2.24, 2.45) is 15.3 Å². The highest BCUT2D eigenvalue weighted by Gasteiger charge is 2.10. The Morgan fingerprint density at radius 2 is 1.54 bits per heavy atom. The summed E-state index contributed by atoms with van der Waals surface area (Å²) in [4.78, 5) is 3.28. The molecule has 4 rings (SSSR count). The molecule has 0 bridgehead atoms. The molecular formula is C23H21N5. The summed E-state index contributed by atoms with van der Waals surface area (Å²) >= 11 is 0. The first kappa shape index (κ1) is 17.7. The van der Waals surface area contributed by atoms with Gasteiger partial charge in [0.05, 0.1) is 11.4 Å². The first-order valence-corrected chi connectivity index (χ1v) is 9.15. The molecule has 1 aromatic heterocycles. The van der Waals surface area contributed by atoms with Crippen LogP contribution in [-0.4, -0.2) is 10.8 Å². The van der Waals surface area contributed by atoms with Gasteiger partial charge in [0.25, 0.3) is 0 Å². The Morgan fingerprint density at radius 1 is 0.821 bits per heavy atom. The fourth-order valence-corrected chi connectivity index (χ4v) is 2.98. The molecule has 1 heterocycles. The summed E-state index contributed by atoms with van der Waals surface area (Å²) in [7, 11) is 0. The van der Waals surface area contributed by atoms with Crippen LogP contribution >= 0.6 is 0 Å². The van der Waals surface area contributed by atoms with E-state index in [0.717, 1.165) is 39.0 Å². The molecule has 5 heteroatoms. The first-order chi connectivity index (χ1) is 13.7. The van der Waals surface area contributed by atoms with Crippen LogP contribution in [0.3, 0.4) is 0 Å². The zero-order valence-electron chi connectivity index (χ0n) is 15.8. The average Bonchev–Trinajstić information content (AvgIpc) is 3.14. The molecule has 0 spiro atoms. The number of fused-ring (bicyclic) bond motifs is 1. The normalized spacial score (nSPS) is 12.0. The van der Waals surface area contributed by atoms with Crippen molar-refractivity contribution < 1.29 is 0 Å². The minimum Gasteiger partial charge on any atom is -0.360 e. The monoisotopic (exact) mass is 367 g/mol. The average molecular weight is 367 g/mol. The Hall–Kier alpha value is -3.73. The maximum Gasteiger partial charge on any atom is 0.203 e. The fourth-order valence-electron chi connectivity index (χ4n) is 2.98. The molecule has 28 heavy (non-hydrogen) atoms. The van der Waals surface area contributed by atoms with E-state index in [0.29, 0.717) is 5.84 Å². The van der Waals surface area contributed by atoms with Gasteiger partial charge in [-0.15, -0.1) is 10.2 Å². The van der Waals surface area contributed by atoms with E-state index in [1.54, 1.807) is 0 Å². The van der Waals surface area contributed by atoms with Crippen molar-refractivity contribution >= 4 is 28.1 Å². The largest absolute Gasteiger partial charge is 0.360 e. The highest BCUT2D eigenvalue weighted by molar-refractivity contribution is 6.10. The van der Waals surface area contributed by atoms with Gasteiger partial charge in [0.2, 0.25) is 5.84 Å². The van der Waals surface area contributed by atoms with E-state index < -0.39 is 0 Å². The highest BCUT2D eigenvalue weighted by atomic mass is 15.3. The van der Waals surface area contributed by atoms with Crippen LogP contribution in [0.25, 0.3) is 10.9 Å². The van der Waals surface area contributed by atoms with Crippen molar-refractivity contribution in [2.45, 2.75) is 13.8 Å². The third-order valence-corrected chi connectivity index (χ3v) is 4.63. The Labute approximate surface area is 163 Å². The molecule has 0 atom stereocenters. The van der Waals surface area contributed by atoms with Crippen LogP contribution in [0.1, 0.15) is 16.7 Å². The van der Waals surface area contributed by atoms with E-state index >= 15 is 0 Å². The summed E-state index contributed by atoms with van der Waals surface area (Å²) in [6.07, 6.45) is 1.92. The Morgan fingerprint density at radius 3 is 2.36 bits per heavy atom. The second-order valence-corrected chi connectivity index (χ2v) is 6.60. The highest BCUT2D eigenvalue weighted by Crippen LogP contribution is 2.22. The summed E-state index contributed by atoms with van der Waals surface area (Å²) in [6.45, 7) is 4.06. The van der Waals surface area contributed by atoms with Crippen LogP contribution in [0.5, 0.6) is 0 Å². The summed E-state index contributed by atoms with van der Waals surface area (Å²) in [6, 6.07) is 24.0. The maximum absolute atomic E-state index is 4.58. The molecule has 0 aliphatic heterocycles. The van der Waals surface area contributed by atoms with Crippen LogP contribution in [0.15, 0.2) is 94.3 Å². The molecule has 0 saturated carbocycles. The molecule has 2 N–H and O–H groups in total. The molecule has 4 aromatic rings. The number of aromatic amines is 1. The number of benzene rings is 3. The zero-order valence-corrected chi connectivity index (χ0v) is 15.8. The SMILES string of the molecule is Cc1ccccc1N=N/C(=N\Nc1ccccc1C)c1c[nH]c2ccccc12. The Bertz CT molecular complexity index is 1170. The summed E-state index contributed by atoms with van der Waals surface area (Å²) in [5.41, 5.74) is 9.01. The molecular weight excluding hydrogens is 346 g/mol. The van der Waals surface area contributed by atoms with Gasteiger partial charge < -0.3 is 4.98 Å². The number of anilines is 1. The topological polar surface area (TPSA) is 64.9 Å². The van der Waals surface area contributed by atoms with Crippen molar-refractivity contribution in [1.82, 2.24) is 4.98 Å². The smallest absolute Gasteiger partial charge is 0.203 e. The lowest BCUT2D eigenvalue weighted by molar-refractivity contribution is 1.20. The molecule has 0 saturated heterocycles. The van der Waals surface area contributed by atoms with E-state index in [1.807, 2.05) is 92.8 Å². The quantitative estimate of drug-likeness (QED) is 0.188. The third kappa shape index (κ3) is 3.69. The van der Waals surface area contributed by atoms with Crippen molar-refractivity contribution in [3.63, 3.8) is 0 Å². The molecule has 0 amide bonds. The van der Waals surface area contributed by atoms with E-state index in [-0.39, 0.29) is 0 Å². The number of nitrogens with one attached hydrogen (secondary N) is 2. The third-order valence-electron chi connectivity index (χ3n) is 4.63. The molecule has 5 nitrogen and oxygen atoms in total. The van der Waals surface area contributed by atoms with Gasteiger partial charge in [-0.25, -0.2) is 0 Å². The van der Waals surface area contributed by atoms with Gasteiger partial charge in [-0.05, 0) is 43.2 Å². The predicted octanol–water partition coefficient (Wildman–Crippen LogP) is 6.34. The molecule has 0 aliphatic rings. The number of aromatic nitrogens is 1. The standard InChI is InChI=1S/C23H21N5/c1-16-9-3-6-12-20(16)25-27-23(28-26-21-13-7-4-10-17(21)2)19-15-24-22-14-8-5-11-18(19)22/h3-15,24-25H,1-2H3/b27-23-,28-26?. The van der Waals surface area contributed by atoms with Crippen molar-refractivity contribution in [1.29, 1.82) is 0 Å². The van der Waals surface area contributed by atoms with E-state index in [9.17, 15) is 0 Å². The first-order valence-electron chi connectivity index (χ1n) is 9.15. The fraction of sp³-hybridized carbons (Fsp3) is 0.0870. The van der Waals surface area contributed by atoms with Crippen molar-refractivity contribution in [3.8, 4) is 0 Å². The number of aryl methyl sites for hydroxylation is 2. The zero-order chi connectivity index (χ0) is 19.3. The van der Waals surface area contributed by atoms with Gasteiger partial charge >= 0.3 is 0 Å². The number of hydrogen-bond donors (Lipinski definition) is 2. The lowest BCUT2D eigenvalue weighted by Crippen LogP contribution is -2.01. The number of azo groups is 1. The summed E-state index contributed by atoms with van der Waals surface area (Å²) in [5, 5.41) is 14.6. The molecule has 138 valence electrons. The number of H-pyrrole nitrogens is 1. The number of amidine groups is 1. The van der Waals surface area contributed by atoms with Gasteiger partial charge in [-0.3, -0.25) is 5.43 Å². The molecule has 0 unspecified atom stereocenters. The van der Waals surface area contributed by atoms with E-state index in [4.69, 9.17) is 0 Å². The summed E-state index contributed by atoms with van der Waals surface area (Å²) in [5.74, 6) is 0.518. The number of para-hydroxylation sites is 2. The second-order valence-electron chi connectivity index (χ2n) is 6.60. The minimum absolute atomic E-state index is 0.518. The minimum atomic E-state index is 0.518. The van der Waals surface area contributed by atoms with Gasteiger partial charge in [-0.2, -0.15) is 5.10 Å². The number of hydrogen-bond acceptors (Lipinski definition) is 3. The lowest BCUT2D eigenvalue weighted by Gasteiger charge is -2.06. The van der Waals surface area contributed by atoms with Crippen molar-refractivity contribution in [2.75, 3.05) is 5.43 Å². The Balaban J connectivity index is 1.75. The molecule has 0 fully saturated rings. The maximum atomic E-state index is 4.58. The van der Waals surface area contributed by atoms with Crippen LogP contribution in [0.2, 0.25) is 0 Å². The van der Waals surface area contributed by atoms with Crippen molar-refractivity contribution in [3.05, 3.63) is 95.7 Å². The number of nitrogens with zero attached hydrogens (tertiary/aromatic N) is 3. The van der Waals surface area contributed by atoms with Crippen LogP contribution in [0, 0.1) is 13.8 Å². The van der Waals surface area contributed by atoms with E-state index in [2.05, 4.69) is 25.7 Å². The number of rotatable bonds is 4. The second kappa shape index (κ2) is 7.88. The predicted molar refractivity (Wildman–Crippen MR) is 115 cm³/mol. The Kier molecular flexibility index (Phi) is 4.97.